The standard InChI is InChI=1S/C22H20FN5O/c1-12-8-15(10-17(29)19(12)23)20-18-21(24)25-11-26-22(18)28(27-20)16-7-6-13-4-2-3-5-14(13)9-16/h2-5,8,10-11,16,29H,6-7,9H2,1H3,(H2,24,25,26). The summed E-state index contributed by atoms with van der Waals surface area (Å²) in [7, 11) is 0. The average molecular weight is 389 g/mol. The molecule has 2 heterocycles. The Morgan fingerprint density at radius 2 is 1.97 bits per heavy atom. The van der Waals surface area contributed by atoms with Gasteiger partial charge < -0.3 is 10.8 Å². The van der Waals surface area contributed by atoms with E-state index in [0.717, 1.165) is 19.3 Å². The lowest BCUT2D eigenvalue weighted by Gasteiger charge is -2.25. The maximum atomic E-state index is 13.9. The molecule has 2 aromatic carbocycles. The molecule has 0 aliphatic heterocycles. The van der Waals surface area contributed by atoms with E-state index in [9.17, 15) is 9.50 Å². The summed E-state index contributed by atoms with van der Waals surface area (Å²) in [4.78, 5) is 8.58. The number of nitrogens with zero attached hydrogens (tertiary/aromatic N) is 4. The Balaban J connectivity index is 1.68. The van der Waals surface area contributed by atoms with Crippen molar-refractivity contribution in [3.05, 3.63) is 65.2 Å². The first kappa shape index (κ1) is 17.6. The number of hydrogen-bond donors (Lipinski definition) is 2. The number of aromatic nitrogens is 4. The third kappa shape index (κ3) is 2.81. The number of nitrogen functional groups attached to an aromatic ring is 1. The molecule has 146 valence electrons. The van der Waals surface area contributed by atoms with Gasteiger partial charge in [0.2, 0.25) is 0 Å². The van der Waals surface area contributed by atoms with Gasteiger partial charge in [0, 0.05) is 5.56 Å². The van der Waals surface area contributed by atoms with Crippen LogP contribution < -0.4 is 5.73 Å². The zero-order valence-corrected chi connectivity index (χ0v) is 15.9. The van der Waals surface area contributed by atoms with Gasteiger partial charge in [-0.25, -0.2) is 19.0 Å². The molecule has 0 spiro atoms. The average Bonchev–Trinajstić information content (AvgIpc) is 3.12. The third-order valence-corrected chi connectivity index (χ3v) is 5.69. The molecule has 1 aliphatic rings. The van der Waals surface area contributed by atoms with E-state index in [0.29, 0.717) is 33.7 Å². The molecule has 1 aliphatic carbocycles. The Kier molecular flexibility index (Phi) is 3.97. The quantitative estimate of drug-likeness (QED) is 0.542. The van der Waals surface area contributed by atoms with E-state index in [1.54, 1.807) is 13.0 Å². The number of halogens is 1. The number of fused-ring (bicyclic) bond motifs is 2. The molecule has 2 aromatic heterocycles. The number of anilines is 1. The molecule has 0 bridgehead atoms. The fourth-order valence-corrected chi connectivity index (χ4v) is 4.23. The van der Waals surface area contributed by atoms with Gasteiger partial charge in [0.1, 0.15) is 17.8 Å². The van der Waals surface area contributed by atoms with Gasteiger partial charge in [0.05, 0.1) is 11.4 Å². The molecular weight excluding hydrogens is 369 g/mol. The second kappa shape index (κ2) is 6.55. The van der Waals surface area contributed by atoms with Crippen LogP contribution in [-0.2, 0) is 12.8 Å². The topological polar surface area (TPSA) is 89.9 Å². The number of phenolic OH excluding ortho intramolecular Hbond substituents is 1. The van der Waals surface area contributed by atoms with Crippen LogP contribution in [0.15, 0.2) is 42.7 Å². The van der Waals surface area contributed by atoms with Gasteiger partial charge in [0.25, 0.3) is 0 Å². The normalized spacial score (nSPS) is 16.1. The monoisotopic (exact) mass is 389 g/mol. The van der Waals surface area contributed by atoms with Crippen LogP contribution in [0.25, 0.3) is 22.3 Å². The maximum Gasteiger partial charge on any atom is 0.167 e. The Hall–Kier alpha value is -3.48. The van der Waals surface area contributed by atoms with E-state index >= 15 is 0 Å². The summed E-state index contributed by atoms with van der Waals surface area (Å²) in [5, 5.41) is 15.4. The minimum atomic E-state index is -0.634. The van der Waals surface area contributed by atoms with E-state index < -0.39 is 11.6 Å². The summed E-state index contributed by atoms with van der Waals surface area (Å²) in [5.74, 6) is -0.732. The van der Waals surface area contributed by atoms with Crippen LogP contribution in [0.1, 0.15) is 29.2 Å². The number of aromatic hydroxyl groups is 1. The lowest BCUT2D eigenvalue weighted by atomic mass is 9.88. The fraction of sp³-hybridized carbons (Fsp3) is 0.227. The highest BCUT2D eigenvalue weighted by atomic mass is 19.1. The van der Waals surface area contributed by atoms with Crippen molar-refractivity contribution in [3.8, 4) is 17.0 Å². The number of phenols is 1. The van der Waals surface area contributed by atoms with Crippen LogP contribution in [0.5, 0.6) is 5.75 Å². The van der Waals surface area contributed by atoms with Gasteiger partial charge in [-0.05, 0) is 55.0 Å². The molecule has 29 heavy (non-hydrogen) atoms. The Morgan fingerprint density at radius 3 is 2.76 bits per heavy atom. The lowest BCUT2D eigenvalue weighted by molar-refractivity contribution is 0.415. The van der Waals surface area contributed by atoms with Crippen LogP contribution in [0.3, 0.4) is 0 Å². The molecule has 4 aromatic rings. The SMILES string of the molecule is Cc1cc(-c2nn(C3CCc4ccccc4C3)c3ncnc(N)c23)cc(O)c1F. The van der Waals surface area contributed by atoms with E-state index in [1.165, 1.54) is 23.5 Å². The fourth-order valence-electron chi connectivity index (χ4n) is 4.23. The second-order valence-corrected chi connectivity index (χ2v) is 7.54. The first-order valence-corrected chi connectivity index (χ1v) is 9.58. The first-order valence-electron chi connectivity index (χ1n) is 9.58. The van der Waals surface area contributed by atoms with Crippen molar-refractivity contribution in [2.45, 2.75) is 32.2 Å². The number of hydrogen-bond acceptors (Lipinski definition) is 5. The van der Waals surface area contributed by atoms with Crippen molar-refractivity contribution in [1.29, 1.82) is 0 Å². The van der Waals surface area contributed by atoms with Crippen molar-refractivity contribution in [2.75, 3.05) is 5.73 Å². The van der Waals surface area contributed by atoms with Crippen LogP contribution in [-0.4, -0.2) is 24.9 Å². The van der Waals surface area contributed by atoms with Crippen LogP contribution in [0.2, 0.25) is 0 Å². The first-order chi connectivity index (χ1) is 14.0. The van der Waals surface area contributed by atoms with Gasteiger partial charge >= 0.3 is 0 Å². The number of rotatable bonds is 2. The van der Waals surface area contributed by atoms with Crippen molar-refractivity contribution < 1.29 is 9.50 Å². The molecule has 7 heteroatoms. The molecule has 0 amide bonds. The minimum absolute atomic E-state index is 0.130. The highest BCUT2D eigenvalue weighted by Crippen LogP contribution is 2.37. The maximum absolute atomic E-state index is 13.9. The molecule has 5 rings (SSSR count). The highest BCUT2D eigenvalue weighted by Gasteiger charge is 2.26. The predicted octanol–water partition coefficient (Wildman–Crippen LogP) is 3.96. The van der Waals surface area contributed by atoms with Gasteiger partial charge in [0.15, 0.2) is 17.2 Å². The van der Waals surface area contributed by atoms with Crippen molar-refractivity contribution in [2.24, 2.45) is 0 Å². The second-order valence-electron chi connectivity index (χ2n) is 7.54. The van der Waals surface area contributed by atoms with Gasteiger partial charge in [-0.2, -0.15) is 5.10 Å². The number of nitrogens with two attached hydrogens (primary N) is 1. The summed E-state index contributed by atoms with van der Waals surface area (Å²) in [5.41, 5.74) is 11.0. The Bertz CT molecular complexity index is 1230. The summed E-state index contributed by atoms with van der Waals surface area (Å²) < 4.78 is 15.8. The molecule has 1 unspecified atom stereocenters. The van der Waals surface area contributed by atoms with Gasteiger partial charge in [-0.3, -0.25) is 0 Å². The van der Waals surface area contributed by atoms with Crippen LogP contribution >= 0.6 is 0 Å². The molecule has 0 radical (unpaired) electrons. The molecule has 0 saturated carbocycles. The Labute approximate surface area is 166 Å². The molecule has 0 saturated heterocycles. The zero-order valence-electron chi connectivity index (χ0n) is 15.9. The summed E-state index contributed by atoms with van der Waals surface area (Å²) in [6.07, 6.45) is 4.19. The highest BCUT2D eigenvalue weighted by molar-refractivity contribution is 5.98. The Morgan fingerprint density at radius 1 is 1.17 bits per heavy atom. The summed E-state index contributed by atoms with van der Waals surface area (Å²) in [6.45, 7) is 1.61. The van der Waals surface area contributed by atoms with Gasteiger partial charge in [-0.15, -0.1) is 0 Å². The van der Waals surface area contributed by atoms with E-state index in [4.69, 9.17) is 10.8 Å². The molecule has 0 fully saturated rings. The number of aryl methyl sites for hydroxylation is 2. The third-order valence-electron chi connectivity index (χ3n) is 5.69. The number of benzene rings is 2. The summed E-state index contributed by atoms with van der Waals surface area (Å²) >= 11 is 0. The smallest absolute Gasteiger partial charge is 0.167 e. The molecular formula is C22H20FN5O. The van der Waals surface area contributed by atoms with Gasteiger partial charge in [-0.1, -0.05) is 24.3 Å². The van der Waals surface area contributed by atoms with Crippen LogP contribution in [0.4, 0.5) is 10.2 Å². The molecule has 3 N–H and O–H groups in total. The minimum Gasteiger partial charge on any atom is -0.505 e. The summed E-state index contributed by atoms with van der Waals surface area (Å²) in [6, 6.07) is 11.6. The van der Waals surface area contributed by atoms with E-state index in [2.05, 4.69) is 34.2 Å². The predicted molar refractivity (Wildman–Crippen MR) is 109 cm³/mol. The zero-order chi connectivity index (χ0) is 20.1. The van der Waals surface area contributed by atoms with E-state index in [1.807, 2.05) is 4.68 Å². The molecule has 6 nitrogen and oxygen atoms in total. The van der Waals surface area contributed by atoms with E-state index in [-0.39, 0.29) is 6.04 Å². The largest absolute Gasteiger partial charge is 0.505 e. The van der Waals surface area contributed by atoms with Crippen LogP contribution in [0, 0.1) is 12.7 Å². The van der Waals surface area contributed by atoms with Crippen molar-refractivity contribution >= 4 is 16.9 Å². The lowest BCUT2D eigenvalue weighted by Crippen LogP contribution is -2.20. The molecule has 1 atom stereocenters. The van der Waals surface area contributed by atoms with Crippen molar-refractivity contribution in [3.63, 3.8) is 0 Å². The van der Waals surface area contributed by atoms with Crippen molar-refractivity contribution in [1.82, 2.24) is 19.7 Å².